The maximum Gasteiger partial charge on any atom is 0.137 e. The number of aliphatic hydroxyl groups excluding tert-OH is 1. The standard InChI is InChI=1S/C12H16BrClO2/c13-10-5-6-12(11(14)9-10)16-8-4-2-1-3-7-15/h5-6,9,15H,1-4,7-8H2. The minimum atomic E-state index is 0.277. The Labute approximate surface area is 110 Å². The second kappa shape index (κ2) is 7.93. The van der Waals surface area contributed by atoms with Crippen molar-refractivity contribution in [2.45, 2.75) is 25.7 Å². The SMILES string of the molecule is OCCCCCCOc1ccc(Br)cc1Cl. The van der Waals surface area contributed by atoms with Crippen molar-refractivity contribution in [3.05, 3.63) is 27.7 Å². The van der Waals surface area contributed by atoms with Crippen LogP contribution in [0.25, 0.3) is 0 Å². The molecule has 2 nitrogen and oxygen atoms in total. The van der Waals surface area contributed by atoms with Gasteiger partial charge in [-0.05, 0) is 37.5 Å². The van der Waals surface area contributed by atoms with Crippen LogP contribution in [0.3, 0.4) is 0 Å². The van der Waals surface area contributed by atoms with Gasteiger partial charge >= 0.3 is 0 Å². The highest BCUT2D eigenvalue weighted by molar-refractivity contribution is 9.10. The molecule has 16 heavy (non-hydrogen) atoms. The quantitative estimate of drug-likeness (QED) is 0.771. The average molecular weight is 308 g/mol. The van der Waals surface area contributed by atoms with Crippen molar-refractivity contribution in [3.8, 4) is 5.75 Å². The fourth-order valence-electron chi connectivity index (χ4n) is 1.34. The summed E-state index contributed by atoms with van der Waals surface area (Å²) in [7, 11) is 0. The number of rotatable bonds is 7. The van der Waals surface area contributed by atoms with Gasteiger partial charge in [-0.25, -0.2) is 0 Å². The third-order valence-electron chi connectivity index (χ3n) is 2.20. The molecule has 0 bridgehead atoms. The van der Waals surface area contributed by atoms with Crippen molar-refractivity contribution < 1.29 is 9.84 Å². The summed E-state index contributed by atoms with van der Waals surface area (Å²) in [5.74, 6) is 0.729. The van der Waals surface area contributed by atoms with E-state index in [1.54, 1.807) is 0 Å². The topological polar surface area (TPSA) is 29.5 Å². The Balaban J connectivity index is 2.21. The Morgan fingerprint density at radius 2 is 1.94 bits per heavy atom. The zero-order chi connectivity index (χ0) is 11.8. The minimum absolute atomic E-state index is 0.277. The van der Waals surface area contributed by atoms with Gasteiger partial charge in [0.25, 0.3) is 0 Å². The first kappa shape index (κ1) is 13.8. The van der Waals surface area contributed by atoms with E-state index >= 15 is 0 Å². The molecule has 0 atom stereocenters. The summed E-state index contributed by atoms with van der Waals surface area (Å²) in [5.41, 5.74) is 0. The van der Waals surface area contributed by atoms with Gasteiger partial charge in [0.05, 0.1) is 11.6 Å². The van der Waals surface area contributed by atoms with Gasteiger partial charge in [0.2, 0.25) is 0 Å². The highest BCUT2D eigenvalue weighted by Crippen LogP contribution is 2.27. The molecule has 0 aliphatic rings. The highest BCUT2D eigenvalue weighted by Gasteiger charge is 2.01. The van der Waals surface area contributed by atoms with Gasteiger partial charge in [-0.1, -0.05) is 34.0 Å². The van der Waals surface area contributed by atoms with Crippen LogP contribution in [-0.4, -0.2) is 18.3 Å². The van der Waals surface area contributed by atoms with Gasteiger partial charge in [-0.15, -0.1) is 0 Å². The molecule has 4 heteroatoms. The summed E-state index contributed by atoms with van der Waals surface area (Å²) in [6.45, 7) is 0.951. The van der Waals surface area contributed by atoms with Crippen molar-refractivity contribution >= 4 is 27.5 Å². The summed E-state index contributed by atoms with van der Waals surface area (Å²) in [6.07, 6.45) is 3.99. The molecule has 0 aromatic heterocycles. The number of halogens is 2. The number of hydrogen-bond donors (Lipinski definition) is 1. The zero-order valence-electron chi connectivity index (χ0n) is 9.09. The number of unbranched alkanes of at least 4 members (excludes halogenated alkanes) is 3. The van der Waals surface area contributed by atoms with Gasteiger partial charge < -0.3 is 9.84 Å². The Kier molecular flexibility index (Phi) is 6.85. The van der Waals surface area contributed by atoms with Crippen LogP contribution in [0.4, 0.5) is 0 Å². The molecule has 0 spiro atoms. The Hall–Kier alpha value is -0.250. The molecule has 0 amide bonds. The van der Waals surface area contributed by atoms with E-state index in [-0.39, 0.29) is 6.61 Å². The molecule has 0 saturated carbocycles. The van der Waals surface area contributed by atoms with Crippen LogP contribution in [0.5, 0.6) is 5.75 Å². The van der Waals surface area contributed by atoms with Crippen molar-refractivity contribution in [2.24, 2.45) is 0 Å². The van der Waals surface area contributed by atoms with E-state index in [1.165, 1.54) is 0 Å². The fourth-order valence-corrected chi connectivity index (χ4v) is 2.07. The van der Waals surface area contributed by atoms with E-state index in [2.05, 4.69) is 15.9 Å². The Morgan fingerprint density at radius 3 is 2.62 bits per heavy atom. The van der Waals surface area contributed by atoms with Crippen LogP contribution < -0.4 is 4.74 Å². The molecule has 0 aliphatic heterocycles. The van der Waals surface area contributed by atoms with Crippen LogP contribution >= 0.6 is 27.5 Å². The smallest absolute Gasteiger partial charge is 0.137 e. The molecule has 1 aromatic carbocycles. The molecule has 1 rings (SSSR count). The average Bonchev–Trinajstić information content (AvgIpc) is 2.26. The Bertz CT molecular complexity index is 318. The van der Waals surface area contributed by atoms with Crippen molar-refractivity contribution in [2.75, 3.05) is 13.2 Å². The second-order valence-electron chi connectivity index (χ2n) is 3.56. The third-order valence-corrected chi connectivity index (χ3v) is 2.99. The van der Waals surface area contributed by atoms with Crippen LogP contribution in [0.2, 0.25) is 5.02 Å². The van der Waals surface area contributed by atoms with Gasteiger partial charge in [-0.3, -0.25) is 0 Å². The largest absolute Gasteiger partial charge is 0.492 e. The molecular formula is C12H16BrClO2. The highest BCUT2D eigenvalue weighted by atomic mass is 79.9. The lowest BCUT2D eigenvalue weighted by Crippen LogP contribution is -1.98. The Morgan fingerprint density at radius 1 is 1.19 bits per heavy atom. The lowest BCUT2D eigenvalue weighted by Gasteiger charge is -2.07. The van der Waals surface area contributed by atoms with E-state index in [0.29, 0.717) is 11.6 Å². The molecule has 1 N–H and O–H groups in total. The van der Waals surface area contributed by atoms with Crippen LogP contribution in [0.1, 0.15) is 25.7 Å². The molecule has 90 valence electrons. The van der Waals surface area contributed by atoms with Crippen LogP contribution in [0, 0.1) is 0 Å². The van der Waals surface area contributed by atoms with E-state index < -0.39 is 0 Å². The summed E-state index contributed by atoms with van der Waals surface area (Å²) in [6, 6.07) is 5.59. The van der Waals surface area contributed by atoms with E-state index in [0.717, 1.165) is 35.9 Å². The first-order valence-electron chi connectivity index (χ1n) is 5.43. The first-order chi connectivity index (χ1) is 7.74. The predicted molar refractivity (Wildman–Crippen MR) is 70.2 cm³/mol. The molecule has 0 aliphatic carbocycles. The van der Waals surface area contributed by atoms with Crippen molar-refractivity contribution in [3.63, 3.8) is 0 Å². The van der Waals surface area contributed by atoms with Crippen LogP contribution in [-0.2, 0) is 0 Å². The van der Waals surface area contributed by atoms with Crippen LogP contribution in [0.15, 0.2) is 22.7 Å². The lowest BCUT2D eigenvalue weighted by molar-refractivity contribution is 0.273. The van der Waals surface area contributed by atoms with Gasteiger partial charge in [0.15, 0.2) is 0 Å². The molecule has 0 fully saturated rings. The number of benzene rings is 1. The molecule has 0 unspecified atom stereocenters. The van der Waals surface area contributed by atoms with Gasteiger partial charge in [0, 0.05) is 11.1 Å². The fraction of sp³-hybridized carbons (Fsp3) is 0.500. The van der Waals surface area contributed by atoms with Crippen molar-refractivity contribution in [1.29, 1.82) is 0 Å². The predicted octanol–water partition coefficient (Wildman–Crippen LogP) is 4.03. The van der Waals surface area contributed by atoms with E-state index in [4.69, 9.17) is 21.4 Å². The second-order valence-corrected chi connectivity index (χ2v) is 4.88. The molecule has 1 aromatic rings. The molecule has 0 saturated heterocycles. The summed E-state index contributed by atoms with van der Waals surface area (Å²) < 4.78 is 6.51. The molecule has 0 heterocycles. The summed E-state index contributed by atoms with van der Waals surface area (Å²) in [4.78, 5) is 0. The van der Waals surface area contributed by atoms with E-state index in [1.807, 2.05) is 18.2 Å². The van der Waals surface area contributed by atoms with Crippen molar-refractivity contribution in [1.82, 2.24) is 0 Å². The zero-order valence-corrected chi connectivity index (χ0v) is 11.4. The maximum absolute atomic E-state index is 8.61. The maximum atomic E-state index is 8.61. The molecule has 0 radical (unpaired) electrons. The third kappa shape index (κ3) is 5.19. The summed E-state index contributed by atoms with van der Waals surface area (Å²) >= 11 is 9.35. The summed E-state index contributed by atoms with van der Waals surface area (Å²) in [5, 5.41) is 9.24. The minimum Gasteiger partial charge on any atom is -0.492 e. The monoisotopic (exact) mass is 306 g/mol. The van der Waals surface area contributed by atoms with Gasteiger partial charge in [0.1, 0.15) is 5.75 Å². The van der Waals surface area contributed by atoms with E-state index in [9.17, 15) is 0 Å². The lowest BCUT2D eigenvalue weighted by atomic mass is 10.2. The number of hydrogen-bond acceptors (Lipinski definition) is 2. The molecular weight excluding hydrogens is 291 g/mol. The number of aliphatic hydroxyl groups is 1. The van der Waals surface area contributed by atoms with Gasteiger partial charge in [-0.2, -0.15) is 0 Å². The first-order valence-corrected chi connectivity index (χ1v) is 6.60. The number of ether oxygens (including phenoxy) is 1. The normalized spacial score (nSPS) is 10.4.